The topological polar surface area (TPSA) is 101 Å². The molecule has 1 N–H and O–H groups in total. The number of carboxylic acids is 1. The van der Waals surface area contributed by atoms with Crippen molar-refractivity contribution in [2.45, 2.75) is 151 Å². The molecule has 49 heavy (non-hydrogen) atoms. The van der Waals surface area contributed by atoms with Crippen molar-refractivity contribution < 1.29 is 29.0 Å². The Bertz CT molecular complexity index is 1340. The third kappa shape index (κ3) is 6.23. The van der Waals surface area contributed by atoms with Gasteiger partial charge < -0.3 is 14.7 Å². The second kappa shape index (κ2) is 13.1. The SMILES string of the molecule is C=C(C)[C@@H]1CC[C@]2(C(=O)CCCN(C)C=O)CC[C@]3(C)[C@H](CC[C@@H]4[C@@]5(C)CC[C@H](OC(=O)CC(C)(C)CC(=O)O)C(C)(C)[C@@H]5CC[C@]43C)[C@@H]12. The van der Waals surface area contributed by atoms with Crippen LogP contribution < -0.4 is 0 Å². The summed E-state index contributed by atoms with van der Waals surface area (Å²) in [6.45, 7) is 23.4. The number of ether oxygens (including phenoxy) is 1. The van der Waals surface area contributed by atoms with E-state index in [1.807, 2.05) is 13.8 Å². The molecule has 5 aliphatic carbocycles. The molecule has 5 aliphatic rings. The molecule has 0 aromatic heterocycles. The first-order valence-corrected chi connectivity index (χ1v) is 19.4. The second-order valence-electron chi connectivity index (χ2n) is 19.7. The number of esters is 1. The number of ketones is 1. The number of hydrogen-bond acceptors (Lipinski definition) is 5. The highest BCUT2D eigenvalue weighted by molar-refractivity contribution is 5.86. The molecule has 0 unspecified atom stereocenters. The molecule has 0 aliphatic heterocycles. The first kappa shape index (κ1) is 38.1. The maximum Gasteiger partial charge on any atom is 0.306 e. The van der Waals surface area contributed by atoms with E-state index in [-0.39, 0.29) is 52.0 Å². The fourth-order valence-corrected chi connectivity index (χ4v) is 13.7. The van der Waals surface area contributed by atoms with Gasteiger partial charge >= 0.3 is 11.9 Å². The number of carbonyl (C=O) groups is 4. The Kier molecular flexibility index (Phi) is 10.2. The third-order valence-electron chi connectivity index (χ3n) is 16.2. The fourth-order valence-electron chi connectivity index (χ4n) is 13.7. The summed E-state index contributed by atoms with van der Waals surface area (Å²) in [5.74, 6) is 1.50. The van der Waals surface area contributed by atoms with Crippen molar-refractivity contribution in [2.75, 3.05) is 13.6 Å². The Balaban J connectivity index is 1.38. The Morgan fingerprint density at radius 3 is 2.22 bits per heavy atom. The summed E-state index contributed by atoms with van der Waals surface area (Å²) in [7, 11) is 1.79. The van der Waals surface area contributed by atoms with E-state index in [0.29, 0.717) is 48.3 Å². The molecule has 5 rings (SSSR count). The van der Waals surface area contributed by atoms with Gasteiger partial charge in [-0.1, -0.05) is 60.6 Å². The van der Waals surface area contributed by atoms with Crippen LogP contribution in [0, 0.1) is 62.1 Å². The first-order valence-electron chi connectivity index (χ1n) is 19.4. The van der Waals surface area contributed by atoms with E-state index in [4.69, 9.17) is 4.74 Å². The van der Waals surface area contributed by atoms with Crippen molar-refractivity contribution >= 4 is 24.1 Å². The average molecular weight is 682 g/mol. The predicted octanol–water partition coefficient (Wildman–Crippen LogP) is 8.88. The number of carbonyl (C=O) groups excluding carboxylic acids is 3. The van der Waals surface area contributed by atoms with Gasteiger partial charge in [0.1, 0.15) is 11.9 Å². The zero-order valence-corrected chi connectivity index (χ0v) is 32.3. The van der Waals surface area contributed by atoms with Crippen LogP contribution in [0.4, 0.5) is 0 Å². The number of Topliss-reactive ketones (excluding diaryl/α,β-unsaturated/α-hetero) is 1. The van der Waals surface area contributed by atoms with Crippen molar-refractivity contribution in [2.24, 2.45) is 62.1 Å². The Hall–Kier alpha value is -2.18. The van der Waals surface area contributed by atoms with Crippen LogP contribution in [0.15, 0.2) is 12.2 Å². The van der Waals surface area contributed by atoms with Gasteiger partial charge in [0, 0.05) is 30.8 Å². The average Bonchev–Trinajstić information content (AvgIpc) is 3.39. The lowest BCUT2D eigenvalue weighted by atomic mass is 9.32. The minimum Gasteiger partial charge on any atom is -0.481 e. The summed E-state index contributed by atoms with van der Waals surface area (Å²) in [5.41, 5.74) is 0.585. The lowest BCUT2D eigenvalue weighted by molar-refractivity contribution is -0.249. The van der Waals surface area contributed by atoms with Gasteiger partial charge in [-0.3, -0.25) is 19.2 Å². The summed E-state index contributed by atoms with van der Waals surface area (Å²) in [6.07, 6.45) is 12.6. The van der Waals surface area contributed by atoms with Crippen LogP contribution in [0.2, 0.25) is 0 Å². The van der Waals surface area contributed by atoms with Crippen molar-refractivity contribution in [3.05, 3.63) is 12.2 Å². The number of nitrogens with zero attached hydrogens (tertiary/aromatic N) is 1. The zero-order chi connectivity index (χ0) is 36.4. The van der Waals surface area contributed by atoms with Gasteiger partial charge in [-0.25, -0.2) is 0 Å². The molecule has 7 heteroatoms. The first-order chi connectivity index (χ1) is 22.7. The maximum atomic E-state index is 14.3. The van der Waals surface area contributed by atoms with Crippen molar-refractivity contribution in [1.29, 1.82) is 0 Å². The van der Waals surface area contributed by atoms with Gasteiger partial charge in [0.15, 0.2) is 0 Å². The number of carboxylic acid groups (broad SMARTS) is 1. The molecule has 276 valence electrons. The summed E-state index contributed by atoms with van der Waals surface area (Å²) < 4.78 is 6.26. The Morgan fingerprint density at radius 1 is 0.898 bits per heavy atom. The number of hydrogen-bond donors (Lipinski definition) is 1. The molecule has 0 aromatic carbocycles. The van der Waals surface area contributed by atoms with E-state index < -0.39 is 11.4 Å². The summed E-state index contributed by atoms with van der Waals surface area (Å²) >= 11 is 0. The monoisotopic (exact) mass is 681 g/mol. The predicted molar refractivity (Wildman–Crippen MR) is 192 cm³/mol. The fraction of sp³-hybridized carbons (Fsp3) is 0.857. The molecule has 5 saturated carbocycles. The Morgan fingerprint density at radius 2 is 1.59 bits per heavy atom. The highest BCUT2D eigenvalue weighted by Gasteiger charge is 2.71. The van der Waals surface area contributed by atoms with Gasteiger partial charge in [-0.05, 0) is 129 Å². The highest BCUT2D eigenvalue weighted by Crippen LogP contribution is 2.77. The van der Waals surface area contributed by atoms with E-state index in [2.05, 4.69) is 48.1 Å². The van der Waals surface area contributed by atoms with Crippen LogP contribution in [0.3, 0.4) is 0 Å². The second-order valence-corrected chi connectivity index (χ2v) is 19.7. The smallest absolute Gasteiger partial charge is 0.306 e. The third-order valence-corrected chi connectivity index (χ3v) is 16.2. The van der Waals surface area contributed by atoms with Crippen molar-refractivity contribution in [3.8, 4) is 0 Å². The minimum atomic E-state index is -0.891. The molecule has 10 atom stereocenters. The van der Waals surface area contributed by atoms with E-state index >= 15 is 0 Å². The van der Waals surface area contributed by atoms with Crippen LogP contribution in [0.1, 0.15) is 145 Å². The number of amides is 1. The molecule has 7 nitrogen and oxygen atoms in total. The molecule has 0 bridgehead atoms. The van der Waals surface area contributed by atoms with Gasteiger partial charge in [-0.15, -0.1) is 0 Å². The Labute approximate surface area is 296 Å². The van der Waals surface area contributed by atoms with Gasteiger partial charge in [-0.2, -0.15) is 0 Å². The molecule has 0 aromatic rings. The van der Waals surface area contributed by atoms with Gasteiger partial charge in [0.2, 0.25) is 6.41 Å². The van der Waals surface area contributed by atoms with E-state index in [1.54, 1.807) is 11.9 Å². The van der Waals surface area contributed by atoms with Crippen LogP contribution in [0.5, 0.6) is 0 Å². The normalized spacial score (nSPS) is 40.9. The number of aliphatic carboxylic acids is 1. The summed E-state index contributed by atoms with van der Waals surface area (Å²) in [4.78, 5) is 51.7. The van der Waals surface area contributed by atoms with Gasteiger partial charge in [0.05, 0.1) is 12.8 Å². The molecule has 5 fully saturated rings. The van der Waals surface area contributed by atoms with E-state index in [9.17, 15) is 24.3 Å². The van der Waals surface area contributed by atoms with Crippen LogP contribution in [-0.4, -0.2) is 53.8 Å². The van der Waals surface area contributed by atoms with E-state index in [1.165, 1.54) is 12.0 Å². The molecule has 0 spiro atoms. The quantitative estimate of drug-likeness (QED) is 0.125. The number of fused-ring (bicyclic) bond motifs is 7. The molecular weight excluding hydrogens is 614 g/mol. The highest BCUT2D eigenvalue weighted by atomic mass is 16.5. The van der Waals surface area contributed by atoms with Crippen molar-refractivity contribution in [3.63, 3.8) is 0 Å². The number of rotatable bonds is 12. The van der Waals surface area contributed by atoms with E-state index in [0.717, 1.165) is 70.6 Å². The molecule has 0 radical (unpaired) electrons. The lowest BCUT2D eigenvalue weighted by Gasteiger charge is -2.73. The molecule has 0 saturated heterocycles. The molecular formula is C42H67NO6. The molecule has 1 amide bonds. The largest absolute Gasteiger partial charge is 0.481 e. The lowest BCUT2D eigenvalue weighted by Crippen LogP contribution is -2.67. The minimum absolute atomic E-state index is 0.0564. The number of allylic oxidation sites excluding steroid dienone is 1. The molecule has 0 heterocycles. The van der Waals surface area contributed by atoms with Crippen LogP contribution >= 0.6 is 0 Å². The zero-order valence-electron chi connectivity index (χ0n) is 32.3. The van der Waals surface area contributed by atoms with Crippen molar-refractivity contribution in [1.82, 2.24) is 4.90 Å². The maximum absolute atomic E-state index is 14.3. The standard InChI is InChI=1S/C42H67NO6/c1-27(2)28-15-20-42(32(45)12-11-23-43(10)26-44)22-21-40(8)29(36(28)42)13-14-31-39(7)18-17-33(38(5,6)30(39)16-19-41(31,40)9)49-35(48)25-37(3,4)24-34(46)47/h26,28-31,33,36H,1,11-25H2,2-10H3,(H,46,47)/t28-,29+,30-,31+,33-,36+,39-,40+,41+,42+/m0/s1. The summed E-state index contributed by atoms with van der Waals surface area (Å²) in [6, 6.07) is 0. The van der Waals surface area contributed by atoms with Crippen LogP contribution in [-0.2, 0) is 23.9 Å². The van der Waals surface area contributed by atoms with Gasteiger partial charge in [0.25, 0.3) is 0 Å². The summed E-state index contributed by atoms with van der Waals surface area (Å²) in [5, 5.41) is 9.32. The van der Waals surface area contributed by atoms with Crippen LogP contribution in [0.25, 0.3) is 0 Å².